The third-order valence-corrected chi connectivity index (χ3v) is 9.37. The molecule has 9 aromatic rings. The van der Waals surface area contributed by atoms with E-state index < -0.39 is 0 Å². The van der Waals surface area contributed by atoms with E-state index >= 15 is 0 Å². The first-order chi connectivity index (χ1) is 20.8. The number of benzene rings is 6. The maximum absolute atomic E-state index is 5.20. The average Bonchev–Trinajstić information content (AvgIpc) is 3.59. The molecule has 0 N–H and O–H groups in total. The number of hydrogen-bond donors (Lipinski definition) is 0. The molecule has 0 unspecified atom stereocenters. The highest BCUT2D eigenvalue weighted by molar-refractivity contribution is 7.25. The van der Waals surface area contributed by atoms with Crippen LogP contribution in [0.25, 0.3) is 81.2 Å². The minimum Gasteiger partial charge on any atom is -0.278 e. The molecule has 0 saturated heterocycles. The Hall–Kier alpha value is -5.32. The van der Waals surface area contributed by atoms with Crippen molar-refractivity contribution in [2.24, 2.45) is 0 Å². The van der Waals surface area contributed by atoms with Crippen LogP contribution in [0.4, 0.5) is 0 Å². The minimum atomic E-state index is 0.678. The highest BCUT2D eigenvalue weighted by atomic mass is 32.1. The van der Waals surface area contributed by atoms with Gasteiger partial charge in [0.05, 0.1) is 22.2 Å². The molecule has 0 radical (unpaired) electrons. The van der Waals surface area contributed by atoms with Gasteiger partial charge in [0.25, 0.3) is 0 Å². The highest BCUT2D eigenvalue weighted by Crippen LogP contribution is 2.39. The number of nitrogens with zero attached hydrogens (tertiary/aromatic N) is 3. The molecule has 4 heteroatoms. The van der Waals surface area contributed by atoms with Gasteiger partial charge in [-0.1, -0.05) is 97.1 Å². The van der Waals surface area contributed by atoms with E-state index in [0.29, 0.717) is 5.95 Å². The van der Waals surface area contributed by atoms with Gasteiger partial charge in [0.1, 0.15) is 0 Å². The predicted octanol–water partition coefficient (Wildman–Crippen LogP) is 10.4. The summed E-state index contributed by atoms with van der Waals surface area (Å²) in [4.78, 5) is 10.3. The van der Waals surface area contributed by atoms with Crippen molar-refractivity contribution >= 4 is 64.2 Å². The minimum absolute atomic E-state index is 0.678. The first kappa shape index (κ1) is 23.4. The van der Waals surface area contributed by atoms with Gasteiger partial charge in [-0.25, -0.2) is 9.97 Å². The predicted molar refractivity (Wildman–Crippen MR) is 178 cm³/mol. The molecule has 0 aliphatic heterocycles. The molecule has 3 aromatic heterocycles. The van der Waals surface area contributed by atoms with E-state index in [9.17, 15) is 0 Å². The maximum atomic E-state index is 5.20. The van der Waals surface area contributed by atoms with Crippen LogP contribution < -0.4 is 0 Å². The van der Waals surface area contributed by atoms with Gasteiger partial charge in [-0.2, -0.15) is 0 Å². The largest absolute Gasteiger partial charge is 0.278 e. The molecular formula is C38H23N3S. The number of hydrogen-bond acceptors (Lipinski definition) is 3. The molecule has 0 amide bonds. The van der Waals surface area contributed by atoms with Gasteiger partial charge >= 0.3 is 0 Å². The van der Waals surface area contributed by atoms with Crippen LogP contribution in [0.5, 0.6) is 0 Å². The Morgan fingerprint density at radius 1 is 0.429 bits per heavy atom. The summed E-state index contributed by atoms with van der Waals surface area (Å²) < 4.78 is 4.86. The fourth-order valence-electron chi connectivity index (χ4n) is 6.25. The number of aromatic nitrogens is 3. The molecule has 9 rings (SSSR count). The summed E-state index contributed by atoms with van der Waals surface area (Å²) in [5.41, 5.74) is 7.56. The lowest BCUT2D eigenvalue weighted by Gasteiger charge is -2.12. The Labute approximate surface area is 246 Å². The number of thiophene rings is 1. The lowest BCUT2D eigenvalue weighted by atomic mass is 10.0. The standard InChI is InChI=1S/C38H23N3S/c1-2-10-24(11-3-1)37-29-14-4-7-15-32(29)39-38(40-37)41-33-16-8-5-12-27(33)30-22-25(18-20-34(30)41)26-19-21-36-31(23-26)28-13-6-9-17-35(28)42-36/h1-23H. The lowest BCUT2D eigenvalue weighted by molar-refractivity contribution is 1.01. The summed E-state index contributed by atoms with van der Waals surface area (Å²) in [6.07, 6.45) is 0. The Morgan fingerprint density at radius 2 is 1.07 bits per heavy atom. The van der Waals surface area contributed by atoms with Gasteiger partial charge in [0.2, 0.25) is 5.95 Å². The topological polar surface area (TPSA) is 30.7 Å². The Bertz CT molecular complexity index is 2470. The molecule has 0 spiro atoms. The van der Waals surface area contributed by atoms with Crippen molar-refractivity contribution < 1.29 is 0 Å². The second-order valence-electron chi connectivity index (χ2n) is 10.6. The van der Waals surface area contributed by atoms with E-state index in [1.54, 1.807) is 0 Å². The third kappa shape index (κ3) is 3.52. The first-order valence-corrected chi connectivity index (χ1v) is 14.9. The molecule has 0 atom stereocenters. The summed E-state index contributed by atoms with van der Waals surface area (Å²) in [7, 11) is 0. The van der Waals surface area contributed by atoms with E-state index in [1.807, 2.05) is 23.5 Å². The summed E-state index contributed by atoms with van der Waals surface area (Å²) in [6, 6.07) is 49.5. The van der Waals surface area contributed by atoms with Crippen molar-refractivity contribution in [3.8, 4) is 28.3 Å². The number of rotatable bonds is 3. The first-order valence-electron chi connectivity index (χ1n) is 14.1. The van der Waals surface area contributed by atoms with E-state index in [-0.39, 0.29) is 0 Å². The number of para-hydroxylation sites is 2. The zero-order chi connectivity index (χ0) is 27.6. The van der Waals surface area contributed by atoms with Crippen LogP contribution in [-0.2, 0) is 0 Å². The summed E-state index contributed by atoms with van der Waals surface area (Å²) in [5, 5.41) is 6.06. The smallest absolute Gasteiger partial charge is 0.235 e. The normalized spacial score (nSPS) is 11.8. The number of fused-ring (bicyclic) bond motifs is 7. The van der Waals surface area contributed by atoms with E-state index in [0.717, 1.165) is 33.2 Å². The van der Waals surface area contributed by atoms with E-state index in [4.69, 9.17) is 9.97 Å². The molecular weight excluding hydrogens is 531 g/mol. The van der Waals surface area contributed by atoms with Crippen molar-refractivity contribution in [3.63, 3.8) is 0 Å². The van der Waals surface area contributed by atoms with Crippen LogP contribution in [0.3, 0.4) is 0 Å². The summed E-state index contributed by atoms with van der Waals surface area (Å²) in [5.74, 6) is 0.678. The molecule has 0 aliphatic rings. The lowest BCUT2D eigenvalue weighted by Crippen LogP contribution is -2.03. The zero-order valence-corrected chi connectivity index (χ0v) is 23.3. The molecule has 196 valence electrons. The molecule has 0 fully saturated rings. The van der Waals surface area contributed by atoms with E-state index in [1.165, 1.54) is 42.1 Å². The maximum Gasteiger partial charge on any atom is 0.235 e. The van der Waals surface area contributed by atoms with Gasteiger partial charge in [-0.15, -0.1) is 11.3 Å². The molecule has 42 heavy (non-hydrogen) atoms. The van der Waals surface area contributed by atoms with Crippen LogP contribution in [0, 0.1) is 0 Å². The van der Waals surface area contributed by atoms with Crippen molar-refractivity contribution in [1.82, 2.24) is 14.5 Å². The average molecular weight is 554 g/mol. The van der Waals surface area contributed by atoms with Gasteiger partial charge in [-0.05, 0) is 53.6 Å². The van der Waals surface area contributed by atoms with Crippen LogP contribution >= 0.6 is 11.3 Å². The quantitative estimate of drug-likeness (QED) is 0.218. The SMILES string of the molecule is c1ccc(-c2nc(-n3c4ccccc4c4cc(-c5ccc6sc7ccccc7c6c5)ccc43)nc3ccccc23)cc1. The fourth-order valence-corrected chi connectivity index (χ4v) is 7.34. The van der Waals surface area contributed by atoms with Gasteiger partial charge < -0.3 is 0 Å². The van der Waals surface area contributed by atoms with Crippen molar-refractivity contribution in [1.29, 1.82) is 0 Å². The van der Waals surface area contributed by atoms with Crippen LogP contribution in [0.15, 0.2) is 140 Å². The fraction of sp³-hybridized carbons (Fsp3) is 0. The molecule has 0 aliphatic carbocycles. The van der Waals surface area contributed by atoms with Gasteiger partial charge in [0, 0.05) is 41.9 Å². The van der Waals surface area contributed by atoms with Crippen molar-refractivity contribution in [2.45, 2.75) is 0 Å². The molecule has 3 nitrogen and oxygen atoms in total. The summed E-state index contributed by atoms with van der Waals surface area (Å²) >= 11 is 1.85. The third-order valence-electron chi connectivity index (χ3n) is 8.22. The Balaban J connectivity index is 1.28. The molecule has 6 aromatic carbocycles. The second-order valence-corrected chi connectivity index (χ2v) is 11.7. The molecule has 3 heterocycles. The second kappa shape index (κ2) is 9.10. The van der Waals surface area contributed by atoms with Crippen LogP contribution in [0.1, 0.15) is 0 Å². The Kier molecular flexibility index (Phi) is 5.07. The molecule has 0 bridgehead atoms. The highest BCUT2D eigenvalue weighted by Gasteiger charge is 2.18. The Morgan fingerprint density at radius 3 is 1.95 bits per heavy atom. The zero-order valence-electron chi connectivity index (χ0n) is 22.5. The van der Waals surface area contributed by atoms with Crippen molar-refractivity contribution in [2.75, 3.05) is 0 Å². The monoisotopic (exact) mass is 553 g/mol. The molecule has 0 saturated carbocycles. The van der Waals surface area contributed by atoms with Crippen LogP contribution in [0.2, 0.25) is 0 Å². The van der Waals surface area contributed by atoms with Crippen molar-refractivity contribution in [3.05, 3.63) is 140 Å². The van der Waals surface area contributed by atoms with Crippen LogP contribution in [-0.4, -0.2) is 14.5 Å². The van der Waals surface area contributed by atoms with Gasteiger partial charge in [0.15, 0.2) is 0 Å². The summed E-state index contributed by atoms with van der Waals surface area (Å²) in [6.45, 7) is 0. The van der Waals surface area contributed by atoms with Gasteiger partial charge in [-0.3, -0.25) is 4.57 Å². The van der Waals surface area contributed by atoms with E-state index in [2.05, 4.69) is 132 Å².